The highest BCUT2D eigenvalue weighted by Crippen LogP contribution is 2.34. The van der Waals surface area contributed by atoms with E-state index in [0.29, 0.717) is 24.4 Å². The number of aromatic nitrogens is 3. The molecule has 3 aromatic rings. The molecule has 3 heterocycles. The van der Waals surface area contributed by atoms with Gasteiger partial charge in [-0.1, -0.05) is 45.0 Å². The van der Waals surface area contributed by atoms with Gasteiger partial charge in [0.15, 0.2) is 5.65 Å². The highest BCUT2D eigenvalue weighted by Gasteiger charge is 2.33. The van der Waals surface area contributed by atoms with Gasteiger partial charge in [0.25, 0.3) is 0 Å². The number of nitrogens with one attached hydrogen (secondary N) is 1. The summed E-state index contributed by atoms with van der Waals surface area (Å²) in [6, 6.07) is 8.75. The Morgan fingerprint density at radius 2 is 1.87 bits per heavy atom. The fraction of sp³-hybridized carbons (Fsp3) is 0.435. The summed E-state index contributed by atoms with van der Waals surface area (Å²) < 4.78 is 0. The van der Waals surface area contributed by atoms with Crippen molar-refractivity contribution in [2.24, 2.45) is 5.73 Å². The SMILES string of the molecule is CC(C)(C)c1ccc(CC2(N)CCN(c3c(C(=O)O)cnc4[nH]ncc34)CC2)cc1. The number of H-pyrrole nitrogens is 1. The van der Waals surface area contributed by atoms with Crippen LogP contribution in [0.25, 0.3) is 11.0 Å². The van der Waals surface area contributed by atoms with Crippen molar-refractivity contribution in [3.8, 4) is 0 Å². The molecule has 1 aliphatic heterocycles. The number of hydrogen-bond donors (Lipinski definition) is 3. The number of benzene rings is 1. The smallest absolute Gasteiger partial charge is 0.339 e. The van der Waals surface area contributed by atoms with E-state index in [1.807, 2.05) is 0 Å². The van der Waals surface area contributed by atoms with Gasteiger partial charge in [-0.05, 0) is 35.8 Å². The van der Waals surface area contributed by atoms with Gasteiger partial charge in [-0.15, -0.1) is 0 Å². The van der Waals surface area contributed by atoms with Gasteiger partial charge in [-0.25, -0.2) is 9.78 Å². The number of rotatable bonds is 4. The summed E-state index contributed by atoms with van der Waals surface area (Å²) in [4.78, 5) is 18.1. The number of hydrogen-bond acceptors (Lipinski definition) is 5. The Balaban J connectivity index is 1.51. The normalized spacial score (nSPS) is 16.7. The molecule has 1 saturated heterocycles. The van der Waals surface area contributed by atoms with E-state index < -0.39 is 5.97 Å². The lowest BCUT2D eigenvalue weighted by molar-refractivity contribution is 0.0697. The number of piperidine rings is 1. The summed E-state index contributed by atoms with van der Waals surface area (Å²) in [5.74, 6) is -0.982. The molecule has 0 aliphatic carbocycles. The molecule has 0 bridgehead atoms. The van der Waals surface area contributed by atoms with Crippen molar-refractivity contribution >= 4 is 22.7 Å². The van der Waals surface area contributed by atoms with Crippen LogP contribution in [0.2, 0.25) is 0 Å². The largest absolute Gasteiger partial charge is 0.478 e. The summed E-state index contributed by atoms with van der Waals surface area (Å²) in [5, 5.41) is 17.2. The molecule has 7 heteroatoms. The molecular weight excluding hydrogens is 378 g/mol. The molecule has 0 radical (unpaired) electrons. The standard InChI is InChI=1S/C23H29N5O2/c1-22(2,3)16-6-4-15(5-7-16)12-23(24)8-10-28(11-9-23)19-17-14-26-27-20(17)25-13-18(19)21(29)30/h4-7,13-14H,8-12,24H2,1-3H3,(H,29,30)(H,25,26,27). The molecule has 0 spiro atoms. The van der Waals surface area contributed by atoms with Crippen LogP contribution in [-0.4, -0.2) is 44.9 Å². The molecule has 4 N–H and O–H groups in total. The summed E-state index contributed by atoms with van der Waals surface area (Å²) >= 11 is 0. The maximum Gasteiger partial charge on any atom is 0.339 e. The molecule has 158 valence electrons. The maximum absolute atomic E-state index is 11.8. The van der Waals surface area contributed by atoms with Gasteiger partial charge in [0.1, 0.15) is 5.56 Å². The molecule has 1 aliphatic rings. The first-order chi connectivity index (χ1) is 14.2. The minimum absolute atomic E-state index is 0.134. The average Bonchev–Trinajstić information content (AvgIpc) is 3.16. The van der Waals surface area contributed by atoms with E-state index in [-0.39, 0.29) is 16.5 Å². The highest BCUT2D eigenvalue weighted by atomic mass is 16.4. The van der Waals surface area contributed by atoms with Crippen LogP contribution in [0, 0.1) is 0 Å². The number of anilines is 1. The van der Waals surface area contributed by atoms with Gasteiger partial charge in [0.2, 0.25) is 0 Å². The molecule has 4 rings (SSSR count). The molecule has 7 nitrogen and oxygen atoms in total. The number of nitrogens with zero attached hydrogens (tertiary/aromatic N) is 3. The Morgan fingerprint density at radius 1 is 1.20 bits per heavy atom. The van der Waals surface area contributed by atoms with Crippen LogP contribution < -0.4 is 10.6 Å². The van der Waals surface area contributed by atoms with Gasteiger partial charge in [0, 0.05) is 24.8 Å². The highest BCUT2D eigenvalue weighted by molar-refractivity contribution is 6.03. The van der Waals surface area contributed by atoms with Crippen molar-refractivity contribution < 1.29 is 9.90 Å². The fourth-order valence-electron chi connectivity index (χ4n) is 4.27. The van der Waals surface area contributed by atoms with Crippen LogP contribution >= 0.6 is 0 Å². The zero-order valence-corrected chi connectivity index (χ0v) is 17.8. The average molecular weight is 408 g/mol. The number of pyridine rings is 1. The molecule has 0 amide bonds. The third-order valence-electron chi connectivity index (χ3n) is 6.13. The molecule has 30 heavy (non-hydrogen) atoms. The predicted octanol–water partition coefficient (Wildman–Crippen LogP) is 3.49. The van der Waals surface area contributed by atoms with Crippen LogP contribution in [-0.2, 0) is 11.8 Å². The Hall–Kier alpha value is -2.93. The van der Waals surface area contributed by atoms with Crippen LogP contribution in [0.1, 0.15) is 55.1 Å². The quantitative estimate of drug-likeness (QED) is 0.611. The lowest BCUT2D eigenvalue weighted by atomic mass is 9.81. The third-order valence-corrected chi connectivity index (χ3v) is 6.13. The number of aromatic amines is 1. The summed E-state index contributed by atoms with van der Waals surface area (Å²) in [7, 11) is 0. The second kappa shape index (κ2) is 7.40. The van der Waals surface area contributed by atoms with Crippen LogP contribution in [0.3, 0.4) is 0 Å². The minimum Gasteiger partial charge on any atom is -0.478 e. The predicted molar refractivity (Wildman–Crippen MR) is 118 cm³/mol. The fourth-order valence-corrected chi connectivity index (χ4v) is 4.27. The lowest BCUT2D eigenvalue weighted by Crippen LogP contribution is -2.52. The van der Waals surface area contributed by atoms with Gasteiger partial charge in [-0.2, -0.15) is 5.10 Å². The number of fused-ring (bicyclic) bond motifs is 1. The van der Waals surface area contributed by atoms with E-state index >= 15 is 0 Å². The first-order valence-electron chi connectivity index (χ1n) is 10.3. The molecular formula is C23H29N5O2. The van der Waals surface area contributed by atoms with Crippen LogP contribution in [0.5, 0.6) is 0 Å². The van der Waals surface area contributed by atoms with E-state index in [4.69, 9.17) is 5.73 Å². The Bertz CT molecular complexity index is 1060. The van der Waals surface area contributed by atoms with Gasteiger partial charge < -0.3 is 15.7 Å². The van der Waals surface area contributed by atoms with Crippen molar-refractivity contribution in [1.29, 1.82) is 0 Å². The zero-order valence-electron chi connectivity index (χ0n) is 17.8. The number of carboxylic acids is 1. The number of aromatic carboxylic acids is 1. The molecule has 0 saturated carbocycles. The number of carbonyl (C=O) groups is 1. The lowest BCUT2D eigenvalue weighted by Gasteiger charge is -2.41. The Labute approximate surface area is 176 Å². The molecule has 1 fully saturated rings. The van der Waals surface area contributed by atoms with Crippen molar-refractivity contribution in [2.45, 2.75) is 51.0 Å². The second-order valence-corrected chi connectivity index (χ2v) is 9.43. The van der Waals surface area contributed by atoms with Gasteiger partial charge in [0.05, 0.1) is 17.3 Å². The summed E-state index contributed by atoms with van der Waals surface area (Å²) in [6.07, 6.45) is 5.43. The molecule has 1 aromatic carbocycles. The number of carboxylic acid groups (broad SMARTS) is 1. The van der Waals surface area contributed by atoms with Crippen molar-refractivity contribution in [1.82, 2.24) is 15.2 Å². The topological polar surface area (TPSA) is 108 Å². The first kappa shape index (κ1) is 20.3. The van der Waals surface area contributed by atoms with Crippen LogP contribution in [0.4, 0.5) is 5.69 Å². The maximum atomic E-state index is 11.8. The van der Waals surface area contributed by atoms with Crippen molar-refractivity contribution in [3.05, 3.63) is 53.3 Å². The van der Waals surface area contributed by atoms with Gasteiger partial charge >= 0.3 is 5.97 Å². The van der Waals surface area contributed by atoms with Crippen molar-refractivity contribution in [3.63, 3.8) is 0 Å². The van der Waals surface area contributed by atoms with E-state index in [0.717, 1.165) is 24.6 Å². The minimum atomic E-state index is -0.982. The third kappa shape index (κ3) is 3.89. The van der Waals surface area contributed by atoms with E-state index in [1.54, 1.807) is 6.20 Å². The first-order valence-corrected chi connectivity index (χ1v) is 10.3. The Kier molecular flexibility index (Phi) is 5.02. The molecule has 0 unspecified atom stereocenters. The summed E-state index contributed by atoms with van der Waals surface area (Å²) in [5.41, 5.74) is 10.6. The summed E-state index contributed by atoms with van der Waals surface area (Å²) in [6.45, 7) is 8.03. The molecule has 0 atom stereocenters. The zero-order chi connectivity index (χ0) is 21.5. The molecule has 2 aromatic heterocycles. The second-order valence-electron chi connectivity index (χ2n) is 9.43. The number of nitrogens with two attached hydrogens (primary N) is 1. The van der Waals surface area contributed by atoms with Crippen LogP contribution in [0.15, 0.2) is 36.7 Å². The monoisotopic (exact) mass is 407 g/mol. The Morgan fingerprint density at radius 3 is 2.47 bits per heavy atom. The van der Waals surface area contributed by atoms with E-state index in [1.165, 1.54) is 17.3 Å². The van der Waals surface area contributed by atoms with Gasteiger partial charge in [-0.3, -0.25) is 5.10 Å². The van der Waals surface area contributed by atoms with E-state index in [9.17, 15) is 9.90 Å². The van der Waals surface area contributed by atoms with E-state index in [2.05, 4.69) is 65.1 Å². The van der Waals surface area contributed by atoms with Crippen molar-refractivity contribution in [2.75, 3.05) is 18.0 Å².